The van der Waals surface area contributed by atoms with Gasteiger partial charge in [0.1, 0.15) is 0 Å². The predicted octanol–water partition coefficient (Wildman–Crippen LogP) is 3.22. The highest BCUT2D eigenvalue weighted by Gasteiger charge is 2.29. The molecule has 1 atom stereocenters. The van der Waals surface area contributed by atoms with E-state index in [0.717, 1.165) is 23.6 Å². The maximum absolute atomic E-state index is 5.82. The quantitative estimate of drug-likeness (QED) is 0.665. The van der Waals surface area contributed by atoms with E-state index in [2.05, 4.69) is 25.7 Å². The van der Waals surface area contributed by atoms with Crippen LogP contribution in [0.3, 0.4) is 0 Å². The normalized spacial score (nSPS) is 15.7. The fourth-order valence-electron chi connectivity index (χ4n) is 2.23. The van der Waals surface area contributed by atoms with E-state index in [1.807, 2.05) is 42.8 Å². The zero-order valence-corrected chi connectivity index (χ0v) is 13.7. The highest BCUT2D eigenvalue weighted by molar-refractivity contribution is 7.99. The molecule has 3 aromatic rings. The van der Waals surface area contributed by atoms with Crippen molar-refractivity contribution in [1.29, 1.82) is 0 Å². The van der Waals surface area contributed by atoms with Crippen molar-refractivity contribution in [3.05, 3.63) is 35.7 Å². The Morgan fingerprint density at radius 3 is 2.70 bits per heavy atom. The standard InChI is InChI=1S/C15H16N6OS/c1-9-3-5-11(6-4-9)14-17-16-13(22-14)10(2)23-15-18-19-20-21(15)12-7-8-12/h3-6,10,12H,7-8H2,1-2H3/t10-/m1/s1. The lowest BCUT2D eigenvalue weighted by atomic mass is 10.1. The Bertz CT molecular complexity index is 807. The first kappa shape index (κ1) is 14.4. The molecular formula is C15H16N6OS. The van der Waals surface area contributed by atoms with Gasteiger partial charge >= 0.3 is 0 Å². The van der Waals surface area contributed by atoms with Crippen LogP contribution in [0.25, 0.3) is 11.5 Å². The fraction of sp³-hybridized carbons (Fsp3) is 0.400. The highest BCUT2D eigenvalue weighted by atomic mass is 32.2. The second-order valence-electron chi connectivity index (χ2n) is 5.71. The van der Waals surface area contributed by atoms with Gasteiger partial charge in [-0.05, 0) is 49.2 Å². The van der Waals surface area contributed by atoms with E-state index in [1.165, 1.54) is 17.3 Å². The Morgan fingerprint density at radius 2 is 1.96 bits per heavy atom. The average Bonchev–Trinajstić information content (AvgIpc) is 3.09. The zero-order chi connectivity index (χ0) is 15.8. The summed E-state index contributed by atoms with van der Waals surface area (Å²) in [6.45, 7) is 4.06. The lowest BCUT2D eigenvalue weighted by molar-refractivity contribution is 0.507. The number of benzene rings is 1. The third-order valence-corrected chi connectivity index (χ3v) is 4.76. The summed E-state index contributed by atoms with van der Waals surface area (Å²) >= 11 is 1.54. The maximum atomic E-state index is 5.82. The van der Waals surface area contributed by atoms with Gasteiger partial charge in [-0.1, -0.05) is 29.5 Å². The second kappa shape index (κ2) is 5.77. The van der Waals surface area contributed by atoms with E-state index >= 15 is 0 Å². The van der Waals surface area contributed by atoms with Crippen molar-refractivity contribution in [2.24, 2.45) is 0 Å². The molecule has 0 bridgehead atoms. The summed E-state index contributed by atoms with van der Waals surface area (Å²) in [5.41, 5.74) is 2.12. The molecule has 1 aliphatic carbocycles. The summed E-state index contributed by atoms with van der Waals surface area (Å²) in [6, 6.07) is 8.48. The average molecular weight is 328 g/mol. The minimum atomic E-state index is -0.00908. The largest absolute Gasteiger partial charge is 0.419 e. The van der Waals surface area contributed by atoms with Crippen LogP contribution in [-0.2, 0) is 0 Å². The van der Waals surface area contributed by atoms with Crippen LogP contribution >= 0.6 is 11.8 Å². The molecule has 0 saturated heterocycles. The molecular weight excluding hydrogens is 312 g/mol. The van der Waals surface area contributed by atoms with E-state index in [9.17, 15) is 0 Å². The van der Waals surface area contributed by atoms with Crippen LogP contribution in [0.1, 0.15) is 42.5 Å². The summed E-state index contributed by atoms with van der Waals surface area (Å²) < 4.78 is 7.70. The van der Waals surface area contributed by atoms with Gasteiger partial charge in [-0.15, -0.1) is 15.3 Å². The zero-order valence-electron chi connectivity index (χ0n) is 12.9. The lowest BCUT2D eigenvalue weighted by Crippen LogP contribution is -2.00. The topological polar surface area (TPSA) is 82.5 Å². The number of tetrazole rings is 1. The third-order valence-electron chi connectivity index (χ3n) is 3.72. The van der Waals surface area contributed by atoms with Gasteiger partial charge in [-0.25, -0.2) is 4.68 Å². The van der Waals surface area contributed by atoms with Crippen molar-refractivity contribution >= 4 is 11.8 Å². The van der Waals surface area contributed by atoms with E-state index in [0.29, 0.717) is 17.8 Å². The number of hydrogen-bond acceptors (Lipinski definition) is 7. The molecule has 0 N–H and O–H groups in total. The minimum absolute atomic E-state index is 0.00908. The number of hydrogen-bond donors (Lipinski definition) is 0. The van der Waals surface area contributed by atoms with Crippen LogP contribution in [0.2, 0.25) is 0 Å². The van der Waals surface area contributed by atoms with Crippen molar-refractivity contribution in [1.82, 2.24) is 30.4 Å². The molecule has 4 rings (SSSR count). The van der Waals surface area contributed by atoms with Gasteiger partial charge in [0.2, 0.25) is 16.9 Å². The summed E-state index contributed by atoms with van der Waals surface area (Å²) in [4.78, 5) is 0. The Morgan fingerprint density at radius 1 is 1.17 bits per heavy atom. The van der Waals surface area contributed by atoms with Gasteiger partial charge in [0.05, 0.1) is 11.3 Å². The van der Waals surface area contributed by atoms with Crippen LogP contribution in [0, 0.1) is 6.92 Å². The highest BCUT2D eigenvalue weighted by Crippen LogP contribution is 2.40. The minimum Gasteiger partial charge on any atom is -0.419 e. The molecule has 2 aromatic heterocycles. The second-order valence-corrected chi connectivity index (χ2v) is 7.02. The Labute approximate surface area is 137 Å². The van der Waals surface area contributed by atoms with Crippen LogP contribution < -0.4 is 0 Å². The first-order chi connectivity index (χ1) is 11.2. The molecule has 0 amide bonds. The van der Waals surface area contributed by atoms with Crippen molar-refractivity contribution in [2.75, 3.05) is 0 Å². The summed E-state index contributed by atoms with van der Waals surface area (Å²) in [5, 5.41) is 21.0. The molecule has 1 saturated carbocycles. The van der Waals surface area contributed by atoms with Crippen LogP contribution in [0.5, 0.6) is 0 Å². The maximum Gasteiger partial charge on any atom is 0.247 e. The molecule has 8 heteroatoms. The van der Waals surface area contributed by atoms with Crippen LogP contribution in [0.15, 0.2) is 33.8 Å². The van der Waals surface area contributed by atoms with Crippen molar-refractivity contribution in [2.45, 2.75) is 43.1 Å². The van der Waals surface area contributed by atoms with E-state index in [1.54, 1.807) is 0 Å². The molecule has 2 heterocycles. The van der Waals surface area contributed by atoms with Crippen molar-refractivity contribution in [3.63, 3.8) is 0 Å². The molecule has 1 aliphatic rings. The van der Waals surface area contributed by atoms with Gasteiger partial charge < -0.3 is 4.42 Å². The van der Waals surface area contributed by atoms with E-state index in [-0.39, 0.29) is 5.25 Å². The van der Waals surface area contributed by atoms with Crippen molar-refractivity contribution < 1.29 is 4.42 Å². The molecule has 7 nitrogen and oxygen atoms in total. The van der Waals surface area contributed by atoms with Gasteiger partial charge in [0, 0.05) is 5.56 Å². The number of nitrogens with zero attached hydrogens (tertiary/aromatic N) is 6. The molecule has 0 spiro atoms. The van der Waals surface area contributed by atoms with Gasteiger partial charge in [-0.3, -0.25) is 0 Å². The predicted molar refractivity (Wildman–Crippen MR) is 84.8 cm³/mol. The number of aromatic nitrogens is 6. The molecule has 23 heavy (non-hydrogen) atoms. The molecule has 0 unspecified atom stereocenters. The summed E-state index contributed by atoms with van der Waals surface area (Å²) in [7, 11) is 0. The first-order valence-electron chi connectivity index (χ1n) is 7.55. The molecule has 118 valence electrons. The number of thioether (sulfide) groups is 1. The number of rotatable bonds is 5. The third kappa shape index (κ3) is 2.98. The summed E-state index contributed by atoms with van der Waals surface area (Å²) in [5.74, 6) is 1.12. The fourth-order valence-corrected chi connectivity index (χ4v) is 3.12. The van der Waals surface area contributed by atoms with Gasteiger partial charge in [0.25, 0.3) is 0 Å². The SMILES string of the molecule is Cc1ccc(-c2nnc([C@@H](C)Sc3nnnn3C3CC3)o2)cc1. The van der Waals surface area contributed by atoms with Gasteiger partial charge in [-0.2, -0.15) is 0 Å². The van der Waals surface area contributed by atoms with Crippen LogP contribution in [0.4, 0.5) is 0 Å². The molecule has 1 aromatic carbocycles. The van der Waals surface area contributed by atoms with Gasteiger partial charge in [0.15, 0.2) is 0 Å². The monoisotopic (exact) mass is 328 g/mol. The number of aryl methyl sites for hydroxylation is 1. The molecule has 0 aliphatic heterocycles. The molecule has 1 fully saturated rings. The lowest BCUT2D eigenvalue weighted by Gasteiger charge is -2.06. The Hall–Kier alpha value is -2.22. The van der Waals surface area contributed by atoms with E-state index in [4.69, 9.17) is 4.42 Å². The van der Waals surface area contributed by atoms with Crippen molar-refractivity contribution in [3.8, 4) is 11.5 Å². The first-order valence-corrected chi connectivity index (χ1v) is 8.43. The Kier molecular flexibility index (Phi) is 3.60. The van der Waals surface area contributed by atoms with Crippen LogP contribution in [-0.4, -0.2) is 30.4 Å². The van der Waals surface area contributed by atoms with E-state index < -0.39 is 0 Å². The smallest absolute Gasteiger partial charge is 0.247 e. The molecule has 0 radical (unpaired) electrons. The summed E-state index contributed by atoms with van der Waals surface area (Å²) in [6.07, 6.45) is 2.29. The Balaban J connectivity index is 1.51.